The second-order valence-electron chi connectivity index (χ2n) is 5.09. The molecule has 24 heavy (non-hydrogen) atoms. The van der Waals surface area contributed by atoms with E-state index in [9.17, 15) is 4.79 Å². The SMILES string of the molecule is O=C1NC(=Nc2ccccn2)SC1=Cc1cccc2cccnc12. The highest BCUT2D eigenvalue weighted by Crippen LogP contribution is 2.29. The van der Waals surface area contributed by atoms with E-state index in [0.29, 0.717) is 15.9 Å². The van der Waals surface area contributed by atoms with Gasteiger partial charge < -0.3 is 5.32 Å². The number of amidine groups is 1. The van der Waals surface area contributed by atoms with Crippen LogP contribution in [-0.4, -0.2) is 21.0 Å². The molecule has 0 atom stereocenters. The number of aromatic nitrogens is 2. The Morgan fingerprint density at radius 2 is 1.88 bits per heavy atom. The summed E-state index contributed by atoms with van der Waals surface area (Å²) in [5.41, 5.74) is 1.78. The zero-order valence-electron chi connectivity index (χ0n) is 12.5. The molecule has 4 rings (SSSR count). The number of nitrogens with one attached hydrogen (secondary N) is 1. The lowest BCUT2D eigenvalue weighted by Gasteiger charge is -2.01. The van der Waals surface area contributed by atoms with Crippen molar-refractivity contribution < 1.29 is 4.79 Å². The molecule has 6 heteroatoms. The molecule has 0 saturated carbocycles. The Morgan fingerprint density at radius 3 is 2.75 bits per heavy atom. The summed E-state index contributed by atoms with van der Waals surface area (Å²) in [5, 5.41) is 4.33. The zero-order chi connectivity index (χ0) is 16.4. The van der Waals surface area contributed by atoms with Crippen molar-refractivity contribution in [1.82, 2.24) is 15.3 Å². The number of benzene rings is 1. The van der Waals surface area contributed by atoms with Crippen molar-refractivity contribution in [2.24, 2.45) is 4.99 Å². The van der Waals surface area contributed by atoms with E-state index in [1.54, 1.807) is 18.5 Å². The smallest absolute Gasteiger partial charge is 0.264 e. The van der Waals surface area contributed by atoms with E-state index in [1.807, 2.05) is 48.5 Å². The maximum atomic E-state index is 12.2. The zero-order valence-corrected chi connectivity index (χ0v) is 13.3. The largest absolute Gasteiger partial charge is 0.300 e. The third-order valence-electron chi connectivity index (χ3n) is 3.47. The fraction of sp³-hybridized carbons (Fsp3) is 0. The van der Waals surface area contributed by atoms with Crippen molar-refractivity contribution in [1.29, 1.82) is 0 Å². The summed E-state index contributed by atoms with van der Waals surface area (Å²) in [6.07, 6.45) is 5.26. The number of para-hydroxylation sites is 1. The number of hydrogen-bond donors (Lipinski definition) is 1. The molecule has 2 aromatic heterocycles. The second kappa shape index (κ2) is 6.25. The van der Waals surface area contributed by atoms with Crippen molar-refractivity contribution in [3.63, 3.8) is 0 Å². The maximum absolute atomic E-state index is 12.2. The van der Waals surface area contributed by atoms with E-state index < -0.39 is 0 Å². The van der Waals surface area contributed by atoms with Gasteiger partial charge in [0.1, 0.15) is 0 Å². The van der Waals surface area contributed by atoms with Crippen LogP contribution in [-0.2, 0) is 4.79 Å². The predicted octanol–water partition coefficient (Wildman–Crippen LogP) is 3.52. The predicted molar refractivity (Wildman–Crippen MR) is 96.8 cm³/mol. The van der Waals surface area contributed by atoms with Crippen molar-refractivity contribution in [2.45, 2.75) is 0 Å². The standard InChI is InChI=1S/C18H12N4OS/c23-17-14(24-18(22-17)21-15-8-1-2-9-19-15)11-13-6-3-5-12-7-4-10-20-16(12)13/h1-11H,(H,19,21,22,23). The third kappa shape index (κ3) is 2.91. The highest BCUT2D eigenvalue weighted by molar-refractivity contribution is 8.18. The van der Waals surface area contributed by atoms with Crippen molar-refractivity contribution >= 4 is 45.6 Å². The summed E-state index contributed by atoms with van der Waals surface area (Å²) >= 11 is 1.30. The number of carbonyl (C=O) groups excluding carboxylic acids is 1. The summed E-state index contributed by atoms with van der Waals surface area (Å²) in [5.74, 6) is 0.399. The van der Waals surface area contributed by atoms with Crippen molar-refractivity contribution in [2.75, 3.05) is 0 Å². The van der Waals surface area contributed by atoms with Crippen LogP contribution in [0.5, 0.6) is 0 Å². The quantitative estimate of drug-likeness (QED) is 0.729. The van der Waals surface area contributed by atoms with E-state index in [2.05, 4.69) is 20.3 Å². The number of pyridine rings is 2. The first-order valence-electron chi connectivity index (χ1n) is 7.34. The number of hydrogen-bond acceptors (Lipinski definition) is 5. The topological polar surface area (TPSA) is 67.2 Å². The molecule has 5 nitrogen and oxygen atoms in total. The Balaban J connectivity index is 1.68. The van der Waals surface area contributed by atoms with E-state index in [1.165, 1.54) is 11.8 Å². The number of fused-ring (bicyclic) bond motifs is 1. The van der Waals surface area contributed by atoms with Gasteiger partial charge in [-0.05, 0) is 36.0 Å². The van der Waals surface area contributed by atoms with Crippen LogP contribution in [0.2, 0.25) is 0 Å². The molecule has 1 aromatic carbocycles. The van der Waals surface area contributed by atoms with Crippen molar-refractivity contribution in [3.8, 4) is 0 Å². The molecule has 1 aliphatic heterocycles. The van der Waals surface area contributed by atoms with E-state index in [-0.39, 0.29) is 5.91 Å². The molecule has 1 fully saturated rings. The second-order valence-corrected chi connectivity index (χ2v) is 6.12. The summed E-state index contributed by atoms with van der Waals surface area (Å²) in [6.45, 7) is 0. The molecule has 3 heterocycles. The van der Waals surface area contributed by atoms with Gasteiger partial charge in [0, 0.05) is 23.3 Å². The molecule has 0 bridgehead atoms. The van der Waals surface area contributed by atoms with Crippen LogP contribution in [0, 0.1) is 0 Å². The number of nitrogens with zero attached hydrogens (tertiary/aromatic N) is 3. The first kappa shape index (κ1) is 14.6. The number of rotatable bonds is 2. The summed E-state index contributed by atoms with van der Waals surface area (Å²) in [6, 6.07) is 15.3. The molecule has 1 aliphatic rings. The van der Waals surface area contributed by atoms with Crippen molar-refractivity contribution in [3.05, 3.63) is 71.4 Å². The Kier molecular flexibility index (Phi) is 3.80. The van der Waals surface area contributed by atoms with Crippen LogP contribution >= 0.6 is 11.8 Å². The van der Waals surface area contributed by atoms with Crippen LogP contribution in [0.1, 0.15) is 5.56 Å². The van der Waals surface area contributed by atoms with Gasteiger partial charge in [0.05, 0.1) is 10.4 Å². The summed E-state index contributed by atoms with van der Waals surface area (Å²) < 4.78 is 0. The maximum Gasteiger partial charge on any atom is 0.264 e. The van der Waals surface area contributed by atoms with Gasteiger partial charge in [-0.3, -0.25) is 9.78 Å². The van der Waals surface area contributed by atoms with Gasteiger partial charge >= 0.3 is 0 Å². The lowest BCUT2D eigenvalue weighted by molar-refractivity contribution is -0.115. The van der Waals surface area contributed by atoms with Gasteiger partial charge in [-0.25, -0.2) is 9.98 Å². The Bertz CT molecular complexity index is 977. The first-order valence-corrected chi connectivity index (χ1v) is 8.16. The molecule has 0 spiro atoms. The van der Waals surface area contributed by atoms with Crippen LogP contribution < -0.4 is 5.32 Å². The fourth-order valence-electron chi connectivity index (χ4n) is 2.39. The van der Waals surface area contributed by atoms with Crippen LogP contribution in [0.3, 0.4) is 0 Å². The highest BCUT2D eigenvalue weighted by Gasteiger charge is 2.24. The lowest BCUT2D eigenvalue weighted by atomic mass is 10.1. The highest BCUT2D eigenvalue weighted by atomic mass is 32.2. The van der Waals surface area contributed by atoms with E-state index in [0.717, 1.165) is 16.5 Å². The molecule has 0 radical (unpaired) electrons. The number of carbonyl (C=O) groups is 1. The molecule has 3 aromatic rings. The molecular weight excluding hydrogens is 320 g/mol. The number of thioether (sulfide) groups is 1. The molecule has 1 saturated heterocycles. The van der Waals surface area contributed by atoms with E-state index in [4.69, 9.17) is 0 Å². The van der Waals surface area contributed by atoms with Crippen LogP contribution in [0.25, 0.3) is 17.0 Å². The Labute approximate surface area is 142 Å². The van der Waals surface area contributed by atoms with Crippen LogP contribution in [0.4, 0.5) is 5.82 Å². The number of amides is 1. The summed E-state index contributed by atoms with van der Waals surface area (Å²) in [4.78, 5) is 25.7. The monoisotopic (exact) mass is 332 g/mol. The minimum atomic E-state index is -0.164. The molecule has 0 unspecified atom stereocenters. The molecule has 1 N–H and O–H groups in total. The molecule has 116 valence electrons. The fourth-order valence-corrected chi connectivity index (χ4v) is 3.21. The Hall–Kier alpha value is -2.99. The summed E-state index contributed by atoms with van der Waals surface area (Å²) in [7, 11) is 0. The van der Waals surface area contributed by atoms with Gasteiger partial charge in [0.2, 0.25) is 0 Å². The first-order chi connectivity index (χ1) is 11.8. The normalized spacial score (nSPS) is 17.6. The van der Waals surface area contributed by atoms with Gasteiger partial charge in [0.15, 0.2) is 11.0 Å². The number of aliphatic imine (C=N–C) groups is 1. The average Bonchev–Trinajstić information content (AvgIpc) is 2.95. The Morgan fingerprint density at radius 1 is 1.00 bits per heavy atom. The third-order valence-corrected chi connectivity index (χ3v) is 4.38. The van der Waals surface area contributed by atoms with Gasteiger partial charge in [0.25, 0.3) is 5.91 Å². The van der Waals surface area contributed by atoms with E-state index >= 15 is 0 Å². The van der Waals surface area contributed by atoms with Crippen LogP contribution in [0.15, 0.2) is 70.8 Å². The van der Waals surface area contributed by atoms with Gasteiger partial charge in [-0.2, -0.15) is 0 Å². The lowest BCUT2D eigenvalue weighted by Crippen LogP contribution is -2.19. The van der Waals surface area contributed by atoms with Gasteiger partial charge in [-0.15, -0.1) is 0 Å². The minimum Gasteiger partial charge on any atom is -0.300 e. The minimum absolute atomic E-state index is 0.164. The molecule has 0 aliphatic carbocycles. The molecule has 1 amide bonds. The van der Waals surface area contributed by atoms with Gasteiger partial charge in [-0.1, -0.05) is 30.3 Å². The average molecular weight is 332 g/mol. The molecular formula is C18H12N4OS.